The maximum absolute atomic E-state index is 12.3. The minimum atomic E-state index is -0.517. The van der Waals surface area contributed by atoms with Crippen LogP contribution in [0, 0.1) is 0 Å². The molecule has 1 heterocycles. The second-order valence-electron chi connectivity index (χ2n) is 5.73. The van der Waals surface area contributed by atoms with Crippen molar-refractivity contribution in [3.63, 3.8) is 0 Å². The molecule has 0 bridgehead atoms. The van der Waals surface area contributed by atoms with Crippen LogP contribution in [0.3, 0.4) is 0 Å². The summed E-state index contributed by atoms with van der Waals surface area (Å²) in [6.07, 6.45) is 2.05. The first-order chi connectivity index (χ1) is 12.1. The monoisotopic (exact) mass is 344 g/mol. The summed E-state index contributed by atoms with van der Waals surface area (Å²) < 4.78 is 10.4. The van der Waals surface area contributed by atoms with E-state index in [0.29, 0.717) is 25.3 Å². The molecule has 0 saturated heterocycles. The number of furan rings is 1. The van der Waals surface area contributed by atoms with Crippen LogP contribution in [0.1, 0.15) is 18.2 Å². The molecule has 0 fully saturated rings. The van der Waals surface area contributed by atoms with Gasteiger partial charge in [-0.1, -0.05) is 30.3 Å². The summed E-state index contributed by atoms with van der Waals surface area (Å²) in [5.41, 5.74) is 1.02. The molecule has 0 spiro atoms. The molecule has 0 unspecified atom stereocenters. The molecule has 6 nitrogen and oxygen atoms in total. The number of nitrogens with one attached hydrogen (secondary N) is 1. The number of rotatable bonds is 9. The van der Waals surface area contributed by atoms with E-state index in [9.17, 15) is 9.59 Å². The van der Waals surface area contributed by atoms with Crippen molar-refractivity contribution in [3.05, 3.63) is 60.1 Å². The first kappa shape index (κ1) is 18.7. The Morgan fingerprint density at radius 1 is 1.20 bits per heavy atom. The Morgan fingerprint density at radius 3 is 2.60 bits per heavy atom. The summed E-state index contributed by atoms with van der Waals surface area (Å²) in [4.78, 5) is 26.2. The van der Waals surface area contributed by atoms with Gasteiger partial charge in [-0.2, -0.15) is 0 Å². The van der Waals surface area contributed by atoms with E-state index >= 15 is 0 Å². The van der Waals surface area contributed by atoms with Crippen molar-refractivity contribution in [2.45, 2.75) is 25.9 Å². The standard InChI is InChI=1S/C19H24N2O4/c1-3-24-19(23)17(12-15-8-5-4-6-9-15)21(2)14-18(22)20-13-16-10-7-11-25-16/h4-11,17H,3,12-14H2,1-2H3,(H,20,22)/t17-/m1/s1. The van der Waals surface area contributed by atoms with Crippen LogP contribution in [-0.2, 0) is 27.3 Å². The molecule has 0 aliphatic heterocycles. The molecule has 1 aromatic heterocycles. The topological polar surface area (TPSA) is 71.8 Å². The molecule has 134 valence electrons. The molecule has 1 aromatic carbocycles. The van der Waals surface area contributed by atoms with Gasteiger partial charge in [0.05, 0.1) is 26.0 Å². The Labute approximate surface area is 147 Å². The van der Waals surface area contributed by atoms with Crippen molar-refractivity contribution >= 4 is 11.9 Å². The molecule has 2 aromatic rings. The number of nitrogens with zero attached hydrogens (tertiary/aromatic N) is 1. The van der Waals surface area contributed by atoms with Crippen LogP contribution in [0.25, 0.3) is 0 Å². The summed E-state index contributed by atoms with van der Waals surface area (Å²) in [5, 5.41) is 2.78. The lowest BCUT2D eigenvalue weighted by molar-refractivity contribution is -0.149. The van der Waals surface area contributed by atoms with Crippen LogP contribution >= 0.6 is 0 Å². The minimum Gasteiger partial charge on any atom is -0.467 e. The number of carbonyl (C=O) groups is 2. The second kappa shape index (κ2) is 9.64. The Bertz CT molecular complexity index is 655. The summed E-state index contributed by atoms with van der Waals surface area (Å²) in [6, 6.07) is 12.7. The SMILES string of the molecule is CCOC(=O)[C@@H](Cc1ccccc1)N(C)CC(=O)NCc1ccco1. The van der Waals surface area contributed by atoms with E-state index < -0.39 is 6.04 Å². The molecule has 1 amide bonds. The predicted molar refractivity (Wildman–Crippen MR) is 93.8 cm³/mol. The Morgan fingerprint density at radius 2 is 1.96 bits per heavy atom. The number of ether oxygens (including phenoxy) is 1. The highest BCUT2D eigenvalue weighted by atomic mass is 16.5. The second-order valence-corrected chi connectivity index (χ2v) is 5.73. The number of hydrogen-bond acceptors (Lipinski definition) is 5. The molecule has 25 heavy (non-hydrogen) atoms. The predicted octanol–water partition coefficient (Wildman–Crippen LogP) is 2.00. The van der Waals surface area contributed by atoms with E-state index in [-0.39, 0.29) is 18.4 Å². The lowest BCUT2D eigenvalue weighted by Crippen LogP contribution is -2.46. The van der Waals surface area contributed by atoms with Gasteiger partial charge in [0, 0.05) is 0 Å². The molecular weight excluding hydrogens is 320 g/mol. The van der Waals surface area contributed by atoms with Gasteiger partial charge in [0.1, 0.15) is 11.8 Å². The van der Waals surface area contributed by atoms with E-state index in [1.54, 1.807) is 37.3 Å². The van der Waals surface area contributed by atoms with Crippen molar-refractivity contribution in [2.75, 3.05) is 20.2 Å². The van der Waals surface area contributed by atoms with Gasteiger partial charge in [-0.25, -0.2) is 0 Å². The van der Waals surface area contributed by atoms with Crippen LogP contribution in [-0.4, -0.2) is 43.0 Å². The van der Waals surface area contributed by atoms with E-state index in [1.165, 1.54) is 0 Å². The maximum atomic E-state index is 12.3. The van der Waals surface area contributed by atoms with Crippen LogP contribution in [0.15, 0.2) is 53.1 Å². The van der Waals surface area contributed by atoms with Crippen LogP contribution in [0.2, 0.25) is 0 Å². The zero-order valence-corrected chi connectivity index (χ0v) is 14.6. The Hall–Kier alpha value is -2.60. The van der Waals surface area contributed by atoms with Crippen molar-refractivity contribution in [2.24, 2.45) is 0 Å². The average Bonchev–Trinajstić information content (AvgIpc) is 3.12. The van der Waals surface area contributed by atoms with Crippen molar-refractivity contribution in [1.29, 1.82) is 0 Å². The first-order valence-electron chi connectivity index (χ1n) is 8.30. The lowest BCUT2D eigenvalue weighted by atomic mass is 10.0. The summed E-state index contributed by atoms with van der Waals surface area (Å²) in [6.45, 7) is 2.50. The van der Waals surface area contributed by atoms with Gasteiger partial charge < -0.3 is 14.5 Å². The number of hydrogen-bond donors (Lipinski definition) is 1. The van der Waals surface area contributed by atoms with E-state index in [4.69, 9.17) is 9.15 Å². The number of esters is 1. The highest BCUT2D eigenvalue weighted by Crippen LogP contribution is 2.10. The summed E-state index contributed by atoms with van der Waals surface area (Å²) in [5.74, 6) is 0.177. The van der Waals surface area contributed by atoms with Crippen molar-refractivity contribution in [1.82, 2.24) is 10.2 Å². The van der Waals surface area contributed by atoms with Gasteiger partial charge in [0.15, 0.2) is 0 Å². The fourth-order valence-corrected chi connectivity index (χ4v) is 2.49. The van der Waals surface area contributed by atoms with Crippen LogP contribution < -0.4 is 5.32 Å². The number of benzene rings is 1. The molecule has 2 rings (SSSR count). The fourth-order valence-electron chi connectivity index (χ4n) is 2.49. The molecule has 1 N–H and O–H groups in total. The van der Waals surface area contributed by atoms with Gasteiger partial charge in [-0.05, 0) is 38.1 Å². The Balaban J connectivity index is 1.94. The van der Waals surface area contributed by atoms with E-state index in [1.807, 2.05) is 30.3 Å². The van der Waals surface area contributed by atoms with E-state index in [2.05, 4.69) is 5.32 Å². The zero-order chi connectivity index (χ0) is 18.1. The first-order valence-corrected chi connectivity index (χ1v) is 8.30. The third-order valence-corrected chi connectivity index (χ3v) is 3.80. The fraction of sp³-hybridized carbons (Fsp3) is 0.368. The van der Waals surface area contributed by atoms with Crippen molar-refractivity contribution in [3.8, 4) is 0 Å². The Kier molecular flexibility index (Phi) is 7.22. The van der Waals surface area contributed by atoms with Crippen LogP contribution in [0.5, 0.6) is 0 Å². The van der Waals surface area contributed by atoms with Gasteiger partial charge >= 0.3 is 5.97 Å². The summed E-state index contributed by atoms with van der Waals surface area (Å²) in [7, 11) is 1.75. The molecule has 1 atom stereocenters. The zero-order valence-electron chi connectivity index (χ0n) is 14.6. The van der Waals surface area contributed by atoms with Crippen molar-refractivity contribution < 1.29 is 18.7 Å². The summed E-state index contributed by atoms with van der Waals surface area (Å²) >= 11 is 0. The van der Waals surface area contributed by atoms with Gasteiger partial charge in [0.2, 0.25) is 5.91 Å². The molecule has 0 radical (unpaired) electrons. The highest BCUT2D eigenvalue weighted by Gasteiger charge is 2.26. The van der Waals surface area contributed by atoms with Gasteiger partial charge in [-0.3, -0.25) is 14.5 Å². The minimum absolute atomic E-state index is 0.0943. The smallest absolute Gasteiger partial charge is 0.323 e. The number of likely N-dealkylation sites (N-methyl/N-ethyl adjacent to an activating group) is 1. The number of amides is 1. The molecule has 0 aliphatic carbocycles. The third kappa shape index (κ3) is 6.08. The quantitative estimate of drug-likeness (QED) is 0.705. The third-order valence-electron chi connectivity index (χ3n) is 3.80. The molecular formula is C19H24N2O4. The van der Waals surface area contributed by atoms with Gasteiger partial charge in [0.25, 0.3) is 0 Å². The number of carbonyl (C=O) groups excluding carboxylic acids is 2. The lowest BCUT2D eigenvalue weighted by Gasteiger charge is -2.25. The maximum Gasteiger partial charge on any atom is 0.323 e. The van der Waals surface area contributed by atoms with Crippen LogP contribution in [0.4, 0.5) is 0 Å². The molecule has 0 aliphatic rings. The van der Waals surface area contributed by atoms with Gasteiger partial charge in [-0.15, -0.1) is 0 Å². The molecule has 6 heteroatoms. The normalized spacial score (nSPS) is 12.0. The largest absolute Gasteiger partial charge is 0.467 e. The molecule has 0 saturated carbocycles. The highest BCUT2D eigenvalue weighted by molar-refractivity contribution is 5.80. The average molecular weight is 344 g/mol. The van der Waals surface area contributed by atoms with E-state index in [0.717, 1.165) is 5.56 Å².